The van der Waals surface area contributed by atoms with Crippen molar-refractivity contribution in [1.82, 2.24) is 10.3 Å². The summed E-state index contributed by atoms with van der Waals surface area (Å²) < 4.78 is 0. The molecular weight excluding hydrogens is 320 g/mol. The summed E-state index contributed by atoms with van der Waals surface area (Å²) in [6.45, 7) is 6.47. The Kier molecular flexibility index (Phi) is 4.37. The molecule has 0 radical (unpaired) electrons. The molecular formula is C20H21ClN2O. The molecule has 2 N–H and O–H groups in total. The lowest BCUT2D eigenvalue weighted by atomic mass is 9.83. The Morgan fingerprint density at radius 1 is 1.21 bits per heavy atom. The molecule has 0 saturated carbocycles. The van der Waals surface area contributed by atoms with E-state index in [4.69, 9.17) is 11.6 Å². The summed E-state index contributed by atoms with van der Waals surface area (Å²) in [7, 11) is 0. The van der Waals surface area contributed by atoms with Crippen LogP contribution in [0.15, 0.2) is 48.7 Å². The predicted octanol–water partition coefficient (Wildman–Crippen LogP) is 4.72. The minimum atomic E-state index is -0.644. The normalized spacial score (nSPS) is 11.7. The van der Waals surface area contributed by atoms with E-state index in [-0.39, 0.29) is 5.91 Å². The van der Waals surface area contributed by atoms with Crippen molar-refractivity contribution in [3.05, 3.63) is 70.4 Å². The van der Waals surface area contributed by atoms with Crippen molar-refractivity contribution in [2.75, 3.05) is 0 Å². The monoisotopic (exact) mass is 340 g/mol. The fraction of sp³-hybridized carbons (Fsp3) is 0.250. The number of aromatic amines is 1. The number of H-pyrrole nitrogens is 1. The molecule has 2 aromatic carbocycles. The SMILES string of the molecule is Cc1ccccc1CNC(=O)C(C)(C)c1c[nH]c2cc(Cl)ccc12. The van der Waals surface area contributed by atoms with Crippen LogP contribution in [0.5, 0.6) is 0 Å². The first-order chi connectivity index (χ1) is 11.4. The van der Waals surface area contributed by atoms with Gasteiger partial charge in [-0.15, -0.1) is 0 Å². The molecule has 0 atom stereocenters. The van der Waals surface area contributed by atoms with Crippen molar-refractivity contribution < 1.29 is 4.79 Å². The molecule has 124 valence electrons. The first-order valence-electron chi connectivity index (χ1n) is 7.99. The standard InChI is InChI=1S/C20H21ClN2O/c1-13-6-4-5-7-14(13)11-23-19(24)20(2,3)17-12-22-18-10-15(21)8-9-16(17)18/h4-10,12,22H,11H2,1-3H3,(H,23,24). The van der Waals surface area contributed by atoms with E-state index in [1.165, 1.54) is 5.56 Å². The molecule has 0 unspecified atom stereocenters. The summed E-state index contributed by atoms with van der Waals surface area (Å²) in [6, 6.07) is 13.8. The van der Waals surface area contributed by atoms with Crippen LogP contribution < -0.4 is 5.32 Å². The Morgan fingerprint density at radius 3 is 2.71 bits per heavy atom. The zero-order valence-corrected chi connectivity index (χ0v) is 14.9. The molecule has 0 saturated heterocycles. The Balaban J connectivity index is 1.83. The van der Waals surface area contributed by atoms with E-state index in [0.29, 0.717) is 11.6 Å². The van der Waals surface area contributed by atoms with Crippen LogP contribution in [0.1, 0.15) is 30.5 Å². The highest BCUT2D eigenvalue weighted by Gasteiger charge is 2.32. The maximum atomic E-state index is 12.8. The van der Waals surface area contributed by atoms with Gasteiger partial charge in [-0.2, -0.15) is 0 Å². The second-order valence-electron chi connectivity index (χ2n) is 6.63. The lowest BCUT2D eigenvalue weighted by Crippen LogP contribution is -2.39. The fourth-order valence-electron chi connectivity index (χ4n) is 2.94. The van der Waals surface area contributed by atoms with Gasteiger partial charge in [-0.25, -0.2) is 0 Å². The third-order valence-electron chi connectivity index (χ3n) is 4.59. The van der Waals surface area contributed by atoms with E-state index < -0.39 is 5.41 Å². The van der Waals surface area contributed by atoms with Gasteiger partial charge in [-0.3, -0.25) is 4.79 Å². The van der Waals surface area contributed by atoms with Gasteiger partial charge in [0.25, 0.3) is 0 Å². The number of aryl methyl sites for hydroxylation is 1. The summed E-state index contributed by atoms with van der Waals surface area (Å²) >= 11 is 6.04. The van der Waals surface area contributed by atoms with Crippen LogP contribution in [-0.2, 0) is 16.8 Å². The quantitative estimate of drug-likeness (QED) is 0.709. The highest BCUT2D eigenvalue weighted by atomic mass is 35.5. The van der Waals surface area contributed by atoms with Crippen molar-refractivity contribution in [3.63, 3.8) is 0 Å². The summed E-state index contributed by atoms with van der Waals surface area (Å²) in [4.78, 5) is 16.0. The molecule has 0 aliphatic rings. The zero-order valence-electron chi connectivity index (χ0n) is 14.1. The lowest BCUT2D eigenvalue weighted by Gasteiger charge is -2.23. The number of fused-ring (bicyclic) bond motifs is 1. The van der Waals surface area contributed by atoms with Gasteiger partial charge in [0, 0.05) is 28.7 Å². The van der Waals surface area contributed by atoms with Gasteiger partial charge in [0.05, 0.1) is 5.41 Å². The van der Waals surface area contributed by atoms with E-state index in [2.05, 4.69) is 23.3 Å². The average Bonchev–Trinajstić information content (AvgIpc) is 2.97. The molecule has 3 rings (SSSR count). The fourth-order valence-corrected chi connectivity index (χ4v) is 3.11. The topological polar surface area (TPSA) is 44.9 Å². The first-order valence-corrected chi connectivity index (χ1v) is 8.37. The Labute approximate surface area is 147 Å². The van der Waals surface area contributed by atoms with Crippen molar-refractivity contribution in [2.45, 2.75) is 32.7 Å². The predicted molar refractivity (Wildman–Crippen MR) is 99.4 cm³/mol. The largest absolute Gasteiger partial charge is 0.361 e. The van der Waals surface area contributed by atoms with E-state index in [9.17, 15) is 4.79 Å². The number of rotatable bonds is 4. The number of hydrogen-bond donors (Lipinski definition) is 2. The van der Waals surface area contributed by atoms with Crippen LogP contribution in [0.3, 0.4) is 0 Å². The molecule has 4 heteroatoms. The molecule has 24 heavy (non-hydrogen) atoms. The smallest absolute Gasteiger partial charge is 0.230 e. The van der Waals surface area contributed by atoms with E-state index >= 15 is 0 Å². The van der Waals surface area contributed by atoms with Gasteiger partial charge in [0.15, 0.2) is 0 Å². The molecule has 0 aliphatic carbocycles. The number of benzene rings is 2. The van der Waals surface area contributed by atoms with Crippen molar-refractivity contribution in [2.24, 2.45) is 0 Å². The molecule has 3 nitrogen and oxygen atoms in total. The summed E-state index contributed by atoms with van der Waals surface area (Å²) in [5, 5.41) is 4.77. The summed E-state index contributed by atoms with van der Waals surface area (Å²) in [6.07, 6.45) is 1.90. The molecule has 0 bridgehead atoms. The highest BCUT2D eigenvalue weighted by molar-refractivity contribution is 6.31. The molecule has 0 fully saturated rings. The number of halogens is 1. The Bertz CT molecular complexity index is 896. The van der Waals surface area contributed by atoms with Gasteiger partial charge >= 0.3 is 0 Å². The summed E-state index contributed by atoms with van der Waals surface area (Å²) in [5.74, 6) is 0.00148. The minimum absolute atomic E-state index is 0.00148. The zero-order chi connectivity index (χ0) is 17.3. The van der Waals surface area contributed by atoms with E-state index in [0.717, 1.165) is 22.0 Å². The number of carbonyl (C=O) groups excluding carboxylic acids is 1. The van der Waals surface area contributed by atoms with Crippen LogP contribution in [0.25, 0.3) is 10.9 Å². The van der Waals surface area contributed by atoms with E-state index in [1.807, 2.05) is 56.4 Å². The molecule has 0 aliphatic heterocycles. The third kappa shape index (κ3) is 3.04. The van der Waals surface area contributed by atoms with Gasteiger partial charge in [0.1, 0.15) is 0 Å². The number of amides is 1. The molecule has 1 heterocycles. The van der Waals surface area contributed by atoms with Crippen molar-refractivity contribution in [1.29, 1.82) is 0 Å². The van der Waals surface area contributed by atoms with Crippen LogP contribution in [0.2, 0.25) is 5.02 Å². The molecule has 1 aromatic heterocycles. The number of aromatic nitrogens is 1. The van der Waals surface area contributed by atoms with Gasteiger partial charge in [0.2, 0.25) is 5.91 Å². The number of carbonyl (C=O) groups is 1. The third-order valence-corrected chi connectivity index (χ3v) is 4.82. The molecule has 0 spiro atoms. The van der Waals surface area contributed by atoms with Gasteiger partial charge in [-0.05, 0) is 49.6 Å². The first kappa shape index (κ1) is 16.6. The minimum Gasteiger partial charge on any atom is -0.361 e. The van der Waals surface area contributed by atoms with Crippen molar-refractivity contribution >= 4 is 28.4 Å². The Hall–Kier alpha value is -2.26. The van der Waals surface area contributed by atoms with Crippen molar-refractivity contribution in [3.8, 4) is 0 Å². The van der Waals surface area contributed by atoms with Crippen LogP contribution in [-0.4, -0.2) is 10.9 Å². The molecule has 3 aromatic rings. The molecule has 1 amide bonds. The van der Waals surface area contributed by atoms with Crippen LogP contribution >= 0.6 is 11.6 Å². The number of hydrogen-bond acceptors (Lipinski definition) is 1. The highest BCUT2D eigenvalue weighted by Crippen LogP contribution is 2.32. The number of nitrogens with one attached hydrogen (secondary N) is 2. The lowest BCUT2D eigenvalue weighted by molar-refractivity contribution is -0.125. The van der Waals surface area contributed by atoms with Gasteiger partial charge in [-0.1, -0.05) is 41.9 Å². The Morgan fingerprint density at radius 2 is 1.96 bits per heavy atom. The van der Waals surface area contributed by atoms with Gasteiger partial charge < -0.3 is 10.3 Å². The average molecular weight is 341 g/mol. The second kappa shape index (κ2) is 6.33. The summed E-state index contributed by atoms with van der Waals surface area (Å²) in [5.41, 5.74) is 3.58. The maximum Gasteiger partial charge on any atom is 0.230 e. The maximum absolute atomic E-state index is 12.8. The van der Waals surface area contributed by atoms with E-state index in [1.54, 1.807) is 0 Å². The van der Waals surface area contributed by atoms with Crippen LogP contribution in [0.4, 0.5) is 0 Å². The van der Waals surface area contributed by atoms with Crippen LogP contribution in [0, 0.1) is 6.92 Å². The second-order valence-corrected chi connectivity index (χ2v) is 7.06.